The lowest BCUT2D eigenvalue weighted by Gasteiger charge is -2.29. The largest absolute Gasteiger partial charge is 0.508 e. The molecule has 5 rings (SSSR count). The average molecular weight is 657 g/mol. The summed E-state index contributed by atoms with van der Waals surface area (Å²) in [5, 5.41) is 46.1. The molecule has 0 radical (unpaired) electrons. The van der Waals surface area contributed by atoms with Crippen LogP contribution in [0.3, 0.4) is 0 Å². The number of methoxy groups -OCH3 is 4. The Morgan fingerprint density at radius 1 is 0.354 bits per heavy atom. The molecule has 0 aromatic heterocycles. The Kier molecular flexibility index (Phi) is 10.2. The van der Waals surface area contributed by atoms with Crippen LogP contribution in [0.25, 0.3) is 0 Å². The normalized spacial score (nSPS) is 18.7. The van der Waals surface area contributed by atoms with Crippen molar-refractivity contribution in [1.29, 1.82) is 0 Å². The number of ether oxygens (including phenoxy) is 4. The van der Waals surface area contributed by atoms with Crippen molar-refractivity contribution in [1.82, 2.24) is 0 Å². The molecule has 4 aromatic carbocycles. The van der Waals surface area contributed by atoms with Crippen molar-refractivity contribution >= 4 is 0 Å². The number of phenolic OH excluding ortho intramolecular Hbond substituents is 4. The molecule has 48 heavy (non-hydrogen) atoms. The maximum Gasteiger partial charge on any atom is 0.126 e. The molecule has 0 amide bonds. The molecule has 0 heterocycles. The fourth-order valence-corrected chi connectivity index (χ4v) is 7.76. The topological polar surface area (TPSA) is 118 Å². The first-order valence-electron chi connectivity index (χ1n) is 16.7. The van der Waals surface area contributed by atoms with Crippen LogP contribution in [0.15, 0.2) is 48.5 Å². The molecular weight excluding hydrogens is 608 g/mol. The van der Waals surface area contributed by atoms with Gasteiger partial charge in [-0.3, -0.25) is 0 Å². The van der Waals surface area contributed by atoms with E-state index in [2.05, 4.69) is 27.7 Å². The third-order valence-corrected chi connectivity index (χ3v) is 10.2. The van der Waals surface area contributed by atoms with E-state index < -0.39 is 0 Å². The second-order valence-corrected chi connectivity index (χ2v) is 12.5. The van der Waals surface area contributed by atoms with Crippen LogP contribution in [0.5, 0.6) is 46.0 Å². The Bertz CT molecular complexity index is 1530. The summed E-state index contributed by atoms with van der Waals surface area (Å²) < 4.78 is 23.4. The molecule has 1 aliphatic rings. The fraction of sp³-hybridized carbons (Fsp3) is 0.400. The Balaban J connectivity index is 1.98. The Morgan fingerprint density at radius 2 is 0.542 bits per heavy atom. The van der Waals surface area contributed by atoms with E-state index >= 15 is 0 Å². The number of phenols is 4. The number of rotatable bonds is 8. The van der Waals surface area contributed by atoms with Crippen LogP contribution in [0.1, 0.15) is 122 Å². The summed E-state index contributed by atoms with van der Waals surface area (Å²) in [6.07, 6.45) is 2.49. The minimum atomic E-state index is -0.311. The van der Waals surface area contributed by atoms with Crippen molar-refractivity contribution in [2.24, 2.45) is 0 Å². The first-order chi connectivity index (χ1) is 23.1. The molecule has 8 heteroatoms. The van der Waals surface area contributed by atoms with Crippen LogP contribution >= 0.6 is 0 Å². The molecule has 0 aliphatic heterocycles. The molecule has 4 atom stereocenters. The highest BCUT2D eigenvalue weighted by Crippen LogP contribution is 2.51. The molecule has 4 N–H and O–H groups in total. The first kappa shape index (κ1) is 34.6. The van der Waals surface area contributed by atoms with Gasteiger partial charge in [0, 0.05) is 92.4 Å². The van der Waals surface area contributed by atoms with Crippen molar-refractivity contribution in [3.05, 3.63) is 93.0 Å². The second-order valence-electron chi connectivity index (χ2n) is 12.5. The molecule has 4 unspecified atom stereocenters. The molecule has 4 aromatic rings. The van der Waals surface area contributed by atoms with E-state index in [0.717, 1.165) is 22.3 Å². The van der Waals surface area contributed by atoms with Crippen LogP contribution in [-0.2, 0) is 0 Å². The van der Waals surface area contributed by atoms with E-state index in [1.165, 1.54) is 0 Å². The van der Waals surface area contributed by atoms with Crippen molar-refractivity contribution < 1.29 is 39.4 Å². The zero-order chi connectivity index (χ0) is 34.9. The van der Waals surface area contributed by atoms with Gasteiger partial charge in [-0.15, -0.1) is 0 Å². The summed E-state index contributed by atoms with van der Waals surface area (Å²) in [7, 11) is 6.30. The lowest BCUT2D eigenvalue weighted by Crippen LogP contribution is -2.12. The Labute approximate surface area is 283 Å². The van der Waals surface area contributed by atoms with Gasteiger partial charge in [0.25, 0.3) is 0 Å². The van der Waals surface area contributed by atoms with Crippen LogP contribution in [-0.4, -0.2) is 48.9 Å². The second kappa shape index (κ2) is 14.2. The van der Waals surface area contributed by atoms with E-state index in [0.29, 0.717) is 70.9 Å². The molecule has 0 spiro atoms. The molecule has 0 saturated carbocycles. The Morgan fingerprint density at radius 3 is 0.688 bits per heavy atom. The zero-order valence-electron chi connectivity index (χ0n) is 29.2. The molecule has 8 bridgehead atoms. The standard InChI is InChI=1S/C40H48O8/c1-9-21-25-13-30(38(46-6)17-33(25)41)23(11-3)27-15-32(40(48-8)19-35(27)43)24(12-4)28-16-31(39(47-7)20-36(28)44)22(10-2)26-14-29(21)37(45-5)18-34(26)42/h13-24,41-44H,9-12H2,1-8H3. The van der Waals surface area contributed by atoms with Crippen molar-refractivity contribution in [2.45, 2.75) is 77.0 Å². The number of fused-ring (bicyclic) bond motifs is 8. The minimum Gasteiger partial charge on any atom is -0.508 e. The number of aromatic hydroxyl groups is 4. The molecule has 0 fully saturated rings. The first-order valence-corrected chi connectivity index (χ1v) is 16.7. The van der Waals surface area contributed by atoms with E-state index in [-0.39, 0.29) is 46.7 Å². The average Bonchev–Trinajstić information content (AvgIpc) is 3.09. The monoisotopic (exact) mass is 656 g/mol. The minimum absolute atomic E-state index is 0.0812. The van der Waals surface area contributed by atoms with E-state index in [1.54, 1.807) is 52.7 Å². The van der Waals surface area contributed by atoms with Gasteiger partial charge in [0.2, 0.25) is 0 Å². The fourth-order valence-electron chi connectivity index (χ4n) is 7.76. The summed E-state index contributed by atoms with van der Waals surface area (Å²) in [4.78, 5) is 0. The number of hydrogen-bond donors (Lipinski definition) is 4. The lowest BCUT2D eigenvalue weighted by molar-refractivity contribution is 0.389. The molecule has 1 aliphatic carbocycles. The SMILES string of the molecule is CCC1c2cc(c(OC)cc2O)C(CC)c2cc(c(OC)cc2O)C(CC)c2cc(c(OC)cc2O)C(CC)c2cc1c(OC)cc2O. The summed E-state index contributed by atoms with van der Waals surface area (Å²) in [5.74, 6) is 1.10. The maximum absolute atomic E-state index is 11.5. The van der Waals surface area contributed by atoms with Gasteiger partial charge in [-0.1, -0.05) is 27.7 Å². The van der Waals surface area contributed by atoms with E-state index in [9.17, 15) is 20.4 Å². The van der Waals surface area contributed by atoms with Gasteiger partial charge in [-0.25, -0.2) is 0 Å². The highest BCUT2D eigenvalue weighted by molar-refractivity contribution is 5.62. The van der Waals surface area contributed by atoms with Gasteiger partial charge in [0.05, 0.1) is 28.4 Å². The Hall–Kier alpha value is -4.72. The van der Waals surface area contributed by atoms with Crippen LogP contribution in [0, 0.1) is 0 Å². The predicted molar refractivity (Wildman–Crippen MR) is 187 cm³/mol. The summed E-state index contributed by atoms with van der Waals surface area (Å²) in [5.41, 5.74) is 6.01. The van der Waals surface area contributed by atoms with Gasteiger partial charge >= 0.3 is 0 Å². The van der Waals surface area contributed by atoms with Crippen molar-refractivity contribution in [3.8, 4) is 46.0 Å². The summed E-state index contributed by atoms with van der Waals surface area (Å²) >= 11 is 0. The molecule has 0 saturated heterocycles. The highest BCUT2D eigenvalue weighted by Gasteiger charge is 2.32. The van der Waals surface area contributed by atoms with Crippen LogP contribution in [0.4, 0.5) is 0 Å². The molecule has 256 valence electrons. The highest BCUT2D eigenvalue weighted by atomic mass is 16.5. The smallest absolute Gasteiger partial charge is 0.126 e. The van der Waals surface area contributed by atoms with Gasteiger partial charge in [-0.2, -0.15) is 0 Å². The third kappa shape index (κ3) is 5.82. The van der Waals surface area contributed by atoms with Gasteiger partial charge < -0.3 is 39.4 Å². The quantitative estimate of drug-likeness (QED) is 0.148. The molecule has 8 nitrogen and oxygen atoms in total. The number of hydrogen-bond acceptors (Lipinski definition) is 8. The van der Waals surface area contributed by atoms with E-state index in [4.69, 9.17) is 18.9 Å². The van der Waals surface area contributed by atoms with Crippen LogP contribution < -0.4 is 18.9 Å². The maximum atomic E-state index is 11.5. The van der Waals surface area contributed by atoms with Crippen molar-refractivity contribution in [3.63, 3.8) is 0 Å². The van der Waals surface area contributed by atoms with Gasteiger partial charge in [-0.05, 0) is 49.9 Å². The predicted octanol–water partition coefficient (Wildman–Crippen LogP) is 9.02. The summed E-state index contributed by atoms with van der Waals surface area (Å²) in [6, 6.07) is 14.5. The number of benzene rings is 4. The zero-order valence-corrected chi connectivity index (χ0v) is 29.2. The third-order valence-electron chi connectivity index (χ3n) is 10.2. The van der Waals surface area contributed by atoms with E-state index in [1.807, 2.05) is 24.3 Å². The molecular formula is C40H48O8. The van der Waals surface area contributed by atoms with Gasteiger partial charge in [0.1, 0.15) is 46.0 Å². The summed E-state index contributed by atoms with van der Waals surface area (Å²) in [6.45, 7) is 8.20. The van der Waals surface area contributed by atoms with Crippen LogP contribution in [0.2, 0.25) is 0 Å². The van der Waals surface area contributed by atoms with Crippen molar-refractivity contribution in [2.75, 3.05) is 28.4 Å². The lowest BCUT2D eigenvalue weighted by atomic mass is 9.77. The van der Waals surface area contributed by atoms with Gasteiger partial charge in [0.15, 0.2) is 0 Å².